The van der Waals surface area contributed by atoms with Crippen LogP contribution in [-0.4, -0.2) is 48.3 Å². The maximum absolute atomic E-state index is 12.6. The summed E-state index contributed by atoms with van der Waals surface area (Å²) in [6.45, 7) is 0.0794. The largest absolute Gasteiger partial charge is 0.471 e. The molecule has 0 unspecified atom stereocenters. The highest BCUT2D eigenvalue weighted by Gasteiger charge is 2.54. The highest BCUT2D eigenvalue weighted by atomic mass is 35.5. The van der Waals surface area contributed by atoms with Gasteiger partial charge in [0.2, 0.25) is 5.91 Å². The van der Waals surface area contributed by atoms with Crippen molar-refractivity contribution in [2.45, 2.75) is 31.1 Å². The Balaban J connectivity index is 1.38. The fraction of sp³-hybridized carbons (Fsp3) is 0.261. The third-order valence-electron chi connectivity index (χ3n) is 6.09. The monoisotopic (exact) mass is 517 g/mol. The number of fused-ring (bicyclic) bond motifs is 1. The van der Waals surface area contributed by atoms with Gasteiger partial charge in [-0.1, -0.05) is 41.9 Å². The first-order valence-corrected chi connectivity index (χ1v) is 11.3. The van der Waals surface area contributed by atoms with E-state index < -0.39 is 23.5 Å². The van der Waals surface area contributed by atoms with Crippen LogP contribution in [0.15, 0.2) is 48.5 Å². The molecule has 5 rings (SSSR count). The number of halogens is 4. The second-order valence-corrected chi connectivity index (χ2v) is 8.90. The molecule has 4 aromatic rings. The molecule has 1 fully saturated rings. The Morgan fingerprint density at radius 3 is 2.42 bits per heavy atom. The lowest BCUT2D eigenvalue weighted by Crippen LogP contribution is -2.52. The summed E-state index contributed by atoms with van der Waals surface area (Å²) in [6, 6.07) is 14.8. The van der Waals surface area contributed by atoms with Crippen molar-refractivity contribution in [3.63, 3.8) is 0 Å². The average molecular weight is 518 g/mol. The maximum Gasteiger partial charge on any atom is 0.471 e. The van der Waals surface area contributed by atoms with Crippen LogP contribution in [0, 0.1) is 0 Å². The van der Waals surface area contributed by atoms with E-state index in [1.165, 1.54) is 4.68 Å². The van der Waals surface area contributed by atoms with Crippen molar-refractivity contribution in [3.8, 4) is 17.2 Å². The van der Waals surface area contributed by atoms with Gasteiger partial charge in [0.1, 0.15) is 11.2 Å². The van der Waals surface area contributed by atoms with E-state index in [0.29, 0.717) is 16.5 Å². The molecule has 0 atom stereocenters. The zero-order valence-electron chi connectivity index (χ0n) is 18.8. The second kappa shape index (κ2) is 8.63. The minimum Gasteiger partial charge on any atom is -0.350 e. The zero-order valence-corrected chi connectivity index (χ0v) is 19.6. The number of nitrogens with zero attached hydrogens (tertiary/aromatic N) is 5. The minimum atomic E-state index is -5.04. The van der Waals surface area contributed by atoms with E-state index in [-0.39, 0.29) is 19.4 Å². The third-order valence-corrected chi connectivity index (χ3v) is 6.47. The summed E-state index contributed by atoms with van der Waals surface area (Å²) in [5.74, 6) is -2.29. The summed E-state index contributed by atoms with van der Waals surface area (Å²) >= 11 is 6.73. The van der Waals surface area contributed by atoms with Crippen LogP contribution < -0.4 is 10.6 Å². The van der Waals surface area contributed by atoms with E-state index in [4.69, 9.17) is 11.6 Å². The van der Waals surface area contributed by atoms with Crippen LogP contribution in [0.3, 0.4) is 0 Å². The number of hydrogen-bond donors (Lipinski definition) is 2. The fourth-order valence-corrected chi connectivity index (χ4v) is 4.36. The van der Waals surface area contributed by atoms with Crippen LogP contribution in [0.5, 0.6) is 0 Å². The first-order chi connectivity index (χ1) is 17.1. The third kappa shape index (κ3) is 4.17. The average Bonchev–Trinajstić information content (AvgIpc) is 3.43. The molecule has 186 valence electrons. The van der Waals surface area contributed by atoms with Gasteiger partial charge >= 0.3 is 12.1 Å². The van der Waals surface area contributed by atoms with Crippen molar-refractivity contribution in [1.29, 1.82) is 0 Å². The molecule has 2 amide bonds. The normalized spacial score (nSPS) is 14.6. The topological polar surface area (TPSA) is 107 Å². The van der Waals surface area contributed by atoms with Gasteiger partial charge in [0.15, 0.2) is 5.82 Å². The summed E-state index contributed by atoms with van der Waals surface area (Å²) in [5.41, 5.74) is 1.43. The van der Waals surface area contributed by atoms with Crippen LogP contribution in [0.4, 0.5) is 13.2 Å². The zero-order chi connectivity index (χ0) is 25.7. The van der Waals surface area contributed by atoms with Crippen molar-refractivity contribution >= 4 is 34.3 Å². The summed E-state index contributed by atoms with van der Waals surface area (Å²) in [5, 5.41) is 17.5. The minimum absolute atomic E-state index is 0.0794. The van der Waals surface area contributed by atoms with Crippen molar-refractivity contribution in [2.24, 2.45) is 7.05 Å². The van der Waals surface area contributed by atoms with Gasteiger partial charge in [-0.3, -0.25) is 9.59 Å². The van der Waals surface area contributed by atoms with Crippen LogP contribution in [0.1, 0.15) is 18.4 Å². The number of carbonyl (C=O) groups excluding carboxylic acids is 2. The molecule has 1 aliphatic carbocycles. The molecule has 2 aromatic carbocycles. The lowest BCUT2D eigenvalue weighted by Gasteiger charge is -2.18. The first-order valence-electron chi connectivity index (χ1n) is 10.9. The number of alkyl halides is 3. The number of para-hydroxylation sites is 1. The molecule has 0 spiro atoms. The van der Waals surface area contributed by atoms with Crippen molar-refractivity contribution in [1.82, 2.24) is 35.4 Å². The molecule has 1 aliphatic rings. The number of aromatic nitrogens is 5. The van der Waals surface area contributed by atoms with Crippen molar-refractivity contribution < 1.29 is 22.8 Å². The van der Waals surface area contributed by atoms with Gasteiger partial charge in [-0.15, -0.1) is 5.10 Å². The second-order valence-electron chi connectivity index (χ2n) is 8.52. The van der Waals surface area contributed by atoms with Gasteiger partial charge in [0, 0.05) is 24.7 Å². The molecule has 0 saturated heterocycles. The number of rotatable bonds is 6. The molecule has 0 aliphatic heterocycles. The van der Waals surface area contributed by atoms with Gasteiger partial charge in [-0.2, -0.15) is 13.2 Å². The lowest BCUT2D eigenvalue weighted by atomic mass is 10.1. The number of hydrogen-bond acceptors (Lipinski definition) is 5. The Labute approximate surface area is 207 Å². The van der Waals surface area contributed by atoms with Crippen molar-refractivity contribution in [2.75, 3.05) is 0 Å². The molecule has 1 saturated carbocycles. The fourth-order valence-electron chi connectivity index (χ4n) is 4.03. The number of benzene rings is 2. The summed E-state index contributed by atoms with van der Waals surface area (Å²) < 4.78 is 41.2. The standard InChI is InChI=1S/C23H19ClF3N7O2/c1-33-19(30-31-32-33)18-17(24)15-4-2-3-5-16(15)34(18)14-8-6-13(7-9-14)12-28-20(35)22(10-11-22)29-21(36)23(25,26)27/h2-9H,10-12H2,1H3,(H,28,35)(H,29,36). The molecular weight excluding hydrogens is 499 g/mol. The van der Waals surface area contributed by atoms with Gasteiger partial charge in [0.25, 0.3) is 0 Å². The molecule has 2 N–H and O–H groups in total. The van der Waals surface area contributed by atoms with Crippen LogP contribution in [-0.2, 0) is 23.2 Å². The van der Waals surface area contributed by atoms with Gasteiger partial charge in [-0.25, -0.2) is 4.68 Å². The van der Waals surface area contributed by atoms with Crippen LogP contribution in [0.25, 0.3) is 28.1 Å². The van der Waals surface area contributed by atoms with E-state index >= 15 is 0 Å². The molecule has 2 aromatic heterocycles. The summed E-state index contributed by atoms with van der Waals surface area (Å²) in [6.07, 6.45) is -4.74. The Bertz CT molecular complexity index is 1470. The van der Waals surface area contributed by atoms with Crippen LogP contribution in [0.2, 0.25) is 5.02 Å². The first kappa shape index (κ1) is 23.8. The van der Waals surface area contributed by atoms with E-state index in [1.807, 2.05) is 46.3 Å². The van der Waals surface area contributed by atoms with E-state index in [0.717, 1.165) is 22.2 Å². The Morgan fingerprint density at radius 2 is 1.81 bits per heavy atom. The molecular formula is C23H19ClF3N7O2. The van der Waals surface area contributed by atoms with E-state index in [1.54, 1.807) is 19.2 Å². The van der Waals surface area contributed by atoms with Crippen LogP contribution >= 0.6 is 11.6 Å². The van der Waals surface area contributed by atoms with E-state index in [9.17, 15) is 22.8 Å². The number of nitrogens with one attached hydrogen (secondary N) is 2. The Morgan fingerprint density at radius 1 is 1.11 bits per heavy atom. The maximum atomic E-state index is 12.6. The lowest BCUT2D eigenvalue weighted by molar-refractivity contribution is -0.175. The highest BCUT2D eigenvalue weighted by Crippen LogP contribution is 2.39. The van der Waals surface area contributed by atoms with Gasteiger partial charge in [0.05, 0.1) is 10.5 Å². The van der Waals surface area contributed by atoms with Crippen molar-refractivity contribution in [3.05, 3.63) is 59.1 Å². The molecule has 13 heteroatoms. The molecule has 36 heavy (non-hydrogen) atoms. The summed E-state index contributed by atoms with van der Waals surface area (Å²) in [7, 11) is 1.71. The predicted octanol–water partition coefficient (Wildman–Crippen LogP) is 3.30. The molecule has 2 heterocycles. The SMILES string of the molecule is Cn1nnnc1-c1c(Cl)c2ccccc2n1-c1ccc(CNC(=O)C2(NC(=O)C(F)(F)F)CC2)cc1. The molecule has 9 nitrogen and oxygen atoms in total. The molecule has 0 bridgehead atoms. The quantitative estimate of drug-likeness (QED) is 0.408. The van der Waals surface area contributed by atoms with Gasteiger partial charge in [-0.05, 0) is 47.0 Å². The Hall–Kier alpha value is -3.93. The van der Waals surface area contributed by atoms with Gasteiger partial charge < -0.3 is 15.2 Å². The Kier molecular flexibility index (Phi) is 5.70. The molecule has 0 radical (unpaired) electrons. The smallest absolute Gasteiger partial charge is 0.350 e. The number of amides is 2. The number of carbonyl (C=O) groups is 2. The summed E-state index contributed by atoms with van der Waals surface area (Å²) in [4.78, 5) is 23.7. The predicted molar refractivity (Wildman–Crippen MR) is 124 cm³/mol. The highest BCUT2D eigenvalue weighted by molar-refractivity contribution is 6.38. The number of aryl methyl sites for hydroxylation is 1. The van der Waals surface area contributed by atoms with E-state index in [2.05, 4.69) is 20.8 Å². The number of tetrazole rings is 1.